The Morgan fingerprint density at radius 1 is 1.35 bits per heavy atom. The number of halogens is 1. The van der Waals surface area contributed by atoms with Gasteiger partial charge in [0.25, 0.3) is 0 Å². The lowest BCUT2D eigenvalue weighted by Crippen LogP contribution is -2.34. The highest BCUT2D eigenvalue weighted by Gasteiger charge is 2.18. The summed E-state index contributed by atoms with van der Waals surface area (Å²) in [6.45, 7) is 6.72. The van der Waals surface area contributed by atoms with E-state index in [0.717, 1.165) is 18.9 Å². The zero-order valence-corrected chi connectivity index (χ0v) is 13.3. The molecule has 114 valence electrons. The molecule has 0 amide bonds. The van der Waals surface area contributed by atoms with Crippen LogP contribution in [0.15, 0.2) is 11.4 Å². The molecule has 2 heterocycles. The lowest BCUT2D eigenvalue weighted by molar-refractivity contribution is 0.162. The summed E-state index contributed by atoms with van der Waals surface area (Å²) in [4.78, 5) is 2.60. The zero-order valence-electron chi connectivity index (χ0n) is 12.4. The van der Waals surface area contributed by atoms with Crippen LogP contribution in [0.2, 0.25) is 0 Å². The molecule has 0 radical (unpaired) electrons. The highest BCUT2D eigenvalue weighted by Crippen LogP contribution is 2.24. The first-order chi connectivity index (χ1) is 9.78. The van der Waals surface area contributed by atoms with Gasteiger partial charge < -0.3 is 9.64 Å². The highest BCUT2D eigenvalue weighted by molar-refractivity contribution is 7.11. The standard InChI is InChI=1S/C16H26FNOS/c1-2-3-4-8-18-9-5-14(6-10-18)7-11-19-16-12-15(17)13-20-16/h12-14H,2-11H2,1H3. The molecule has 1 aliphatic rings. The first-order valence-corrected chi connectivity index (χ1v) is 8.75. The first kappa shape index (κ1) is 15.8. The van der Waals surface area contributed by atoms with Crippen LogP contribution in [0.3, 0.4) is 0 Å². The second-order valence-electron chi connectivity index (χ2n) is 5.71. The Bertz CT molecular complexity index is 374. The Kier molecular flexibility index (Phi) is 6.80. The van der Waals surface area contributed by atoms with Crippen molar-refractivity contribution in [2.45, 2.75) is 45.4 Å². The van der Waals surface area contributed by atoms with Crippen LogP contribution in [0.5, 0.6) is 5.06 Å². The number of nitrogens with zero attached hydrogens (tertiary/aromatic N) is 1. The van der Waals surface area contributed by atoms with E-state index in [0.29, 0.717) is 5.06 Å². The normalized spacial score (nSPS) is 17.5. The molecule has 0 aliphatic carbocycles. The van der Waals surface area contributed by atoms with Crippen molar-refractivity contribution in [2.75, 3.05) is 26.2 Å². The van der Waals surface area contributed by atoms with Gasteiger partial charge in [0.15, 0.2) is 5.06 Å². The fraction of sp³-hybridized carbons (Fsp3) is 0.750. The predicted molar refractivity (Wildman–Crippen MR) is 83.1 cm³/mol. The smallest absolute Gasteiger partial charge is 0.176 e. The van der Waals surface area contributed by atoms with Crippen LogP contribution in [0.25, 0.3) is 0 Å². The molecule has 20 heavy (non-hydrogen) atoms. The third-order valence-electron chi connectivity index (χ3n) is 4.10. The van der Waals surface area contributed by atoms with Crippen molar-refractivity contribution in [3.05, 3.63) is 17.3 Å². The number of ether oxygens (including phenoxy) is 1. The summed E-state index contributed by atoms with van der Waals surface area (Å²) in [5.41, 5.74) is 0. The van der Waals surface area contributed by atoms with Crippen molar-refractivity contribution in [3.8, 4) is 5.06 Å². The van der Waals surface area contributed by atoms with Gasteiger partial charge in [0, 0.05) is 11.4 Å². The number of piperidine rings is 1. The second kappa shape index (κ2) is 8.63. The maximum absolute atomic E-state index is 12.8. The summed E-state index contributed by atoms with van der Waals surface area (Å²) in [5, 5.41) is 2.20. The molecular formula is C16H26FNOS. The van der Waals surface area contributed by atoms with Crippen LogP contribution < -0.4 is 4.74 Å². The molecule has 1 aromatic rings. The lowest BCUT2D eigenvalue weighted by Gasteiger charge is -2.31. The average Bonchev–Trinajstić information content (AvgIpc) is 2.87. The van der Waals surface area contributed by atoms with Gasteiger partial charge in [0.1, 0.15) is 5.82 Å². The van der Waals surface area contributed by atoms with Crippen molar-refractivity contribution in [1.82, 2.24) is 4.90 Å². The summed E-state index contributed by atoms with van der Waals surface area (Å²) < 4.78 is 18.4. The third kappa shape index (κ3) is 5.41. The topological polar surface area (TPSA) is 12.5 Å². The Morgan fingerprint density at radius 2 is 2.15 bits per heavy atom. The molecule has 1 fully saturated rings. The zero-order chi connectivity index (χ0) is 14.2. The number of rotatable bonds is 8. The van der Waals surface area contributed by atoms with Gasteiger partial charge in [-0.15, -0.1) is 11.3 Å². The van der Waals surface area contributed by atoms with Gasteiger partial charge in [-0.1, -0.05) is 19.8 Å². The van der Waals surface area contributed by atoms with Crippen LogP contribution in [0.1, 0.15) is 45.4 Å². The van der Waals surface area contributed by atoms with Gasteiger partial charge in [-0.3, -0.25) is 0 Å². The molecule has 0 N–H and O–H groups in total. The van der Waals surface area contributed by atoms with Crippen LogP contribution in [-0.4, -0.2) is 31.1 Å². The Labute approximate surface area is 125 Å². The fourth-order valence-corrected chi connectivity index (χ4v) is 3.41. The molecule has 2 rings (SSSR count). The SMILES string of the molecule is CCCCCN1CCC(CCOc2cc(F)cs2)CC1. The Balaban J connectivity index is 1.55. The summed E-state index contributed by atoms with van der Waals surface area (Å²) in [5.74, 6) is 0.590. The number of hydrogen-bond acceptors (Lipinski definition) is 3. The van der Waals surface area contributed by atoms with E-state index < -0.39 is 0 Å². The quantitative estimate of drug-likeness (QED) is 0.653. The van der Waals surface area contributed by atoms with E-state index in [1.165, 1.54) is 74.5 Å². The van der Waals surface area contributed by atoms with E-state index >= 15 is 0 Å². The summed E-state index contributed by atoms with van der Waals surface area (Å²) in [6.07, 6.45) is 7.67. The van der Waals surface area contributed by atoms with Gasteiger partial charge in [0.05, 0.1) is 6.61 Å². The van der Waals surface area contributed by atoms with Crippen molar-refractivity contribution < 1.29 is 9.13 Å². The number of thiophene rings is 1. The summed E-state index contributed by atoms with van der Waals surface area (Å²) in [6, 6.07) is 1.47. The van der Waals surface area contributed by atoms with E-state index in [-0.39, 0.29) is 5.82 Å². The molecule has 1 aliphatic heterocycles. The third-order valence-corrected chi connectivity index (χ3v) is 4.91. The molecule has 0 unspecified atom stereocenters. The number of hydrogen-bond donors (Lipinski definition) is 0. The summed E-state index contributed by atoms with van der Waals surface area (Å²) in [7, 11) is 0. The summed E-state index contributed by atoms with van der Waals surface area (Å²) >= 11 is 1.34. The minimum absolute atomic E-state index is 0.189. The highest BCUT2D eigenvalue weighted by atomic mass is 32.1. The molecule has 0 atom stereocenters. The van der Waals surface area contributed by atoms with Crippen LogP contribution in [0.4, 0.5) is 4.39 Å². The second-order valence-corrected chi connectivity index (χ2v) is 6.59. The molecule has 1 saturated heterocycles. The minimum Gasteiger partial charge on any atom is -0.484 e. The lowest BCUT2D eigenvalue weighted by atomic mass is 9.94. The first-order valence-electron chi connectivity index (χ1n) is 7.87. The van der Waals surface area contributed by atoms with Gasteiger partial charge in [-0.2, -0.15) is 0 Å². The van der Waals surface area contributed by atoms with Crippen molar-refractivity contribution in [2.24, 2.45) is 5.92 Å². The molecule has 4 heteroatoms. The van der Waals surface area contributed by atoms with Gasteiger partial charge >= 0.3 is 0 Å². The van der Waals surface area contributed by atoms with E-state index in [4.69, 9.17) is 4.74 Å². The molecule has 0 aromatic carbocycles. The van der Waals surface area contributed by atoms with E-state index in [9.17, 15) is 4.39 Å². The molecule has 1 aromatic heterocycles. The maximum atomic E-state index is 12.8. The van der Waals surface area contributed by atoms with Crippen LogP contribution in [0, 0.1) is 11.7 Å². The molecule has 0 saturated carbocycles. The number of likely N-dealkylation sites (tertiary alicyclic amines) is 1. The van der Waals surface area contributed by atoms with Crippen molar-refractivity contribution in [1.29, 1.82) is 0 Å². The molecule has 0 spiro atoms. The average molecular weight is 299 g/mol. The van der Waals surface area contributed by atoms with E-state index in [1.54, 1.807) is 0 Å². The van der Waals surface area contributed by atoms with E-state index in [2.05, 4.69) is 11.8 Å². The Morgan fingerprint density at radius 3 is 2.80 bits per heavy atom. The molecule has 0 bridgehead atoms. The largest absolute Gasteiger partial charge is 0.484 e. The predicted octanol–water partition coefficient (Wildman–Crippen LogP) is 4.56. The molecular weight excluding hydrogens is 273 g/mol. The van der Waals surface area contributed by atoms with Crippen molar-refractivity contribution >= 4 is 11.3 Å². The van der Waals surface area contributed by atoms with Crippen LogP contribution >= 0.6 is 11.3 Å². The fourth-order valence-electron chi connectivity index (χ4n) is 2.78. The number of unbranched alkanes of at least 4 members (excludes halogenated alkanes) is 2. The van der Waals surface area contributed by atoms with Gasteiger partial charge in [0.2, 0.25) is 0 Å². The van der Waals surface area contributed by atoms with Crippen molar-refractivity contribution in [3.63, 3.8) is 0 Å². The van der Waals surface area contributed by atoms with Gasteiger partial charge in [-0.05, 0) is 51.2 Å². The van der Waals surface area contributed by atoms with Crippen LogP contribution in [-0.2, 0) is 0 Å². The Hall–Kier alpha value is -0.610. The molecule has 2 nitrogen and oxygen atoms in total. The maximum Gasteiger partial charge on any atom is 0.176 e. The minimum atomic E-state index is -0.189. The van der Waals surface area contributed by atoms with Gasteiger partial charge in [-0.25, -0.2) is 4.39 Å². The van der Waals surface area contributed by atoms with E-state index in [1.807, 2.05) is 0 Å². The monoisotopic (exact) mass is 299 g/mol.